The van der Waals surface area contributed by atoms with Crippen LogP contribution >= 0.6 is 27.5 Å². The average Bonchev–Trinajstić information content (AvgIpc) is 2.62. The first-order chi connectivity index (χ1) is 12.0. The summed E-state index contributed by atoms with van der Waals surface area (Å²) in [7, 11) is 3.23. The van der Waals surface area contributed by atoms with Crippen molar-refractivity contribution >= 4 is 49.8 Å². The Balaban J connectivity index is 2.22. The molecule has 4 N–H and O–H groups in total. The van der Waals surface area contributed by atoms with Gasteiger partial charge < -0.3 is 20.9 Å². The Morgan fingerprint density at radius 3 is 2.52 bits per heavy atom. The largest absolute Gasteiger partial charge is 0.497 e. The number of nitrogens with zero attached hydrogens (tertiary/aromatic N) is 1. The Labute approximate surface area is 159 Å². The van der Waals surface area contributed by atoms with E-state index < -0.39 is 0 Å². The van der Waals surface area contributed by atoms with Crippen LogP contribution in [0, 0.1) is 0 Å². The van der Waals surface area contributed by atoms with Crippen LogP contribution < -0.4 is 20.9 Å². The Kier molecular flexibility index (Phi) is 4.92. The third-order valence-electron chi connectivity index (χ3n) is 4.10. The van der Waals surface area contributed by atoms with Gasteiger partial charge in [-0.15, -0.1) is 0 Å². The molecule has 0 unspecified atom stereocenters. The van der Waals surface area contributed by atoms with E-state index in [1.165, 1.54) is 0 Å². The summed E-state index contributed by atoms with van der Waals surface area (Å²) in [6, 6.07) is 9.34. The third-order valence-corrected chi connectivity index (χ3v) is 5.08. The fourth-order valence-corrected chi connectivity index (χ4v) is 3.33. The molecule has 1 heterocycles. The zero-order valence-corrected chi connectivity index (χ0v) is 16.1. The second-order valence-electron chi connectivity index (χ2n) is 5.50. The molecule has 0 fully saturated rings. The second kappa shape index (κ2) is 6.98. The number of pyridine rings is 1. The number of rotatable bonds is 4. The van der Waals surface area contributed by atoms with Gasteiger partial charge in [0, 0.05) is 22.3 Å². The maximum atomic E-state index is 6.27. The first-order valence-electron chi connectivity index (χ1n) is 7.48. The van der Waals surface area contributed by atoms with E-state index in [0.29, 0.717) is 34.8 Å². The highest BCUT2D eigenvalue weighted by Crippen LogP contribution is 2.38. The lowest BCUT2D eigenvalue weighted by molar-refractivity contribution is 0.391. The van der Waals surface area contributed by atoms with Crippen molar-refractivity contribution in [2.24, 2.45) is 0 Å². The fraction of sp³-hybridized carbons (Fsp3) is 0.167. The highest BCUT2D eigenvalue weighted by Gasteiger charge is 2.17. The summed E-state index contributed by atoms with van der Waals surface area (Å²) in [4.78, 5) is 4.34. The summed E-state index contributed by atoms with van der Waals surface area (Å²) >= 11 is 9.69. The second-order valence-corrected chi connectivity index (χ2v) is 6.72. The van der Waals surface area contributed by atoms with Crippen LogP contribution in [-0.2, 0) is 6.42 Å². The minimum absolute atomic E-state index is 0.261. The van der Waals surface area contributed by atoms with Crippen LogP contribution in [0.2, 0.25) is 5.15 Å². The number of fused-ring (bicyclic) bond motifs is 1. The van der Waals surface area contributed by atoms with Crippen molar-refractivity contribution in [3.05, 3.63) is 51.1 Å². The Hall–Kier alpha value is -2.18. The molecule has 7 heteroatoms. The Morgan fingerprint density at radius 1 is 1.08 bits per heavy atom. The highest BCUT2D eigenvalue weighted by molar-refractivity contribution is 9.10. The lowest BCUT2D eigenvalue weighted by Gasteiger charge is -2.16. The summed E-state index contributed by atoms with van der Waals surface area (Å²) in [5.74, 6) is 1.42. The van der Waals surface area contributed by atoms with Crippen LogP contribution in [0.4, 0.5) is 11.4 Å². The van der Waals surface area contributed by atoms with Gasteiger partial charge in [-0.25, -0.2) is 4.98 Å². The minimum atomic E-state index is 0.261. The van der Waals surface area contributed by atoms with Crippen molar-refractivity contribution in [2.45, 2.75) is 6.42 Å². The van der Waals surface area contributed by atoms with Crippen molar-refractivity contribution in [2.75, 3.05) is 25.7 Å². The van der Waals surface area contributed by atoms with Gasteiger partial charge in [0.15, 0.2) is 5.15 Å². The van der Waals surface area contributed by atoms with Crippen LogP contribution in [0.1, 0.15) is 11.1 Å². The smallest absolute Gasteiger partial charge is 0.152 e. The minimum Gasteiger partial charge on any atom is -0.497 e. The summed E-state index contributed by atoms with van der Waals surface area (Å²) in [6.45, 7) is 0. The molecule has 0 aliphatic rings. The summed E-state index contributed by atoms with van der Waals surface area (Å²) < 4.78 is 11.5. The molecule has 0 aliphatic heterocycles. The maximum absolute atomic E-state index is 6.27. The maximum Gasteiger partial charge on any atom is 0.152 e. The van der Waals surface area contributed by atoms with Gasteiger partial charge in [0.05, 0.1) is 31.1 Å². The van der Waals surface area contributed by atoms with Crippen molar-refractivity contribution in [1.29, 1.82) is 0 Å². The number of benzene rings is 2. The van der Waals surface area contributed by atoms with Crippen LogP contribution in [-0.4, -0.2) is 19.2 Å². The molecule has 3 rings (SSSR count). The number of aromatic nitrogens is 1. The van der Waals surface area contributed by atoms with Gasteiger partial charge in [-0.05, 0) is 45.3 Å². The first-order valence-corrected chi connectivity index (χ1v) is 8.65. The highest BCUT2D eigenvalue weighted by atomic mass is 79.9. The van der Waals surface area contributed by atoms with E-state index >= 15 is 0 Å². The molecule has 0 bridgehead atoms. The van der Waals surface area contributed by atoms with Gasteiger partial charge in [-0.1, -0.05) is 17.7 Å². The van der Waals surface area contributed by atoms with Gasteiger partial charge in [0.1, 0.15) is 11.5 Å². The van der Waals surface area contributed by atoms with Crippen molar-refractivity contribution in [3.8, 4) is 11.5 Å². The number of halogens is 2. The van der Waals surface area contributed by atoms with Crippen LogP contribution in [0.5, 0.6) is 11.5 Å². The quantitative estimate of drug-likeness (QED) is 0.480. The monoisotopic (exact) mass is 421 g/mol. The molecule has 2 aromatic carbocycles. The van der Waals surface area contributed by atoms with E-state index in [2.05, 4.69) is 20.9 Å². The zero-order chi connectivity index (χ0) is 18.1. The summed E-state index contributed by atoms with van der Waals surface area (Å²) in [6.07, 6.45) is 0.498. The SMILES string of the molecule is COc1ccc(Cc2c(N)c(Cl)nc3ccc(Br)c(N)c23)c(OC)c1. The summed E-state index contributed by atoms with van der Waals surface area (Å²) in [5, 5.41) is 1.05. The van der Waals surface area contributed by atoms with Crippen molar-refractivity contribution < 1.29 is 9.47 Å². The molecular weight excluding hydrogens is 406 g/mol. The molecule has 1 aromatic heterocycles. The Bertz CT molecular complexity index is 963. The molecule has 25 heavy (non-hydrogen) atoms. The molecule has 0 spiro atoms. The predicted molar refractivity (Wildman–Crippen MR) is 106 cm³/mol. The Morgan fingerprint density at radius 2 is 1.84 bits per heavy atom. The summed E-state index contributed by atoms with van der Waals surface area (Å²) in [5.41, 5.74) is 16.0. The molecule has 0 aliphatic carbocycles. The zero-order valence-electron chi connectivity index (χ0n) is 13.8. The standard InChI is InChI=1S/C18H17BrClN3O2/c1-24-10-4-3-9(14(8-10)25-2)7-11-15-13(23-18(20)16(11)21)6-5-12(19)17(15)22/h3-6,8H,7,21-22H2,1-2H3. The molecule has 3 aromatic rings. The molecule has 0 radical (unpaired) electrons. The van der Waals surface area contributed by atoms with Gasteiger partial charge in [0.25, 0.3) is 0 Å². The molecular formula is C18H17BrClN3O2. The number of hydrogen-bond donors (Lipinski definition) is 2. The normalized spacial score (nSPS) is 10.9. The topological polar surface area (TPSA) is 83.4 Å². The number of nitrogen functional groups attached to an aromatic ring is 2. The van der Waals surface area contributed by atoms with Crippen molar-refractivity contribution in [1.82, 2.24) is 4.98 Å². The van der Waals surface area contributed by atoms with Gasteiger partial charge >= 0.3 is 0 Å². The van der Waals surface area contributed by atoms with E-state index in [0.717, 1.165) is 21.0 Å². The number of hydrogen-bond acceptors (Lipinski definition) is 5. The van der Waals surface area contributed by atoms with Crippen LogP contribution in [0.15, 0.2) is 34.8 Å². The fourth-order valence-electron chi connectivity index (χ4n) is 2.79. The van der Waals surface area contributed by atoms with Gasteiger partial charge in [0.2, 0.25) is 0 Å². The van der Waals surface area contributed by atoms with Gasteiger partial charge in [-0.3, -0.25) is 0 Å². The first kappa shape index (κ1) is 17.6. The predicted octanol–water partition coefficient (Wildman–Crippen LogP) is 4.42. The molecule has 0 atom stereocenters. The van der Waals surface area contributed by atoms with E-state index in [1.807, 2.05) is 30.3 Å². The number of ether oxygens (including phenoxy) is 2. The van der Waals surface area contributed by atoms with E-state index in [1.54, 1.807) is 14.2 Å². The lowest BCUT2D eigenvalue weighted by atomic mass is 9.98. The van der Waals surface area contributed by atoms with E-state index in [4.69, 9.17) is 32.5 Å². The number of nitrogens with two attached hydrogens (primary N) is 2. The lowest BCUT2D eigenvalue weighted by Crippen LogP contribution is -2.04. The van der Waals surface area contributed by atoms with Crippen LogP contribution in [0.25, 0.3) is 10.9 Å². The molecule has 5 nitrogen and oxygen atoms in total. The molecule has 0 saturated carbocycles. The van der Waals surface area contributed by atoms with E-state index in [9.17, 15) is 0 Å². The van der Waals surface area contributed by atoms with Crippen LogP contribution in [0.3, 0.4) is 0 Å². The van der Waals surface area contributed by atoms with E-state index in [-0.39, 0.29) is 5.15 Å². The number of anilines is 2. The van der Waals surface area contributed by atoms with Gasteiger partial charge in [-0.2, -0.15) is 0 Å². The third kappa shape index (κ3) is 3.19. The molecule has 130 valence electrons. The number of methoxy groups -OCH3 is 2. The molecule has 0 amide bonds. The molecule has 0 saturated heterocycles. The average molecular weight is 423 g/mol. The van der Waals surface area contributed by atoms with Crippen molar-refractivity contribution in [3.63, 3.8) is 0 Å².